The zero-order valence-electron chi connectivity index (χ0n) is 8.09. The van der Waals surface area contributed by atoms with Crippen molar-refractivity contribution < 1.29 is 9.90 Å². The highest BCUT2D eigenvalue weighted by atomic mass is 16.2. The fourth-order valence-electron chi connectivity index (χ4n) is 1.77. The molecular weight excluding hydrogens is 166 g/mol. The number of nitrogens with one attached hydrogen (secondary N) is 1. The number of rotatable bonds is 5. The number of hydrogen-bond acceptors (Lipinski definition) is 2. The quantitative estimate of drug-likeness (QED) is 0.632. The van der Waals surface area contributed by atoms with Crippen molar-refractivity contribution in [2.24, 2.45) is 0 Å². The Balaban J connectivity index is 2.02. The van der Waals surface area contributed by atoms with Gasteiger partial charge in [0.15, 0.2) is 0 Å². The molecule has 3 nitrogen and oxygen atoms in total. The number of aliphatic hydroxyl groups is 1. The van der Waals surface area contributed by atoms with Crippen molar-refractivity contribution in [3.63, 3.8) is 0 Å². The molecule has 76 valence electrons. The van der Waals surface area contributed by atoms with Crippen LogP contribution in [0.3, 0.4) is 0 Å². The number of carbonyl (C=O) groups is 1. The SMILES string of the molecule is O=C(CCCCO)NC1CCCC1. The minimum absolute atomic E-state index is 0.153. The van der Waals surface area contributed by atoms with E-state index in [-0.39, 0.29) is 12.5 Å². The van der Waals surface area contributed by atoms with Gasteiger partial charge in [0.1, 0.15) is 0 Å². The summed E-state index contributed by atoms with van der Waals surface area (Å²) in [5, 5.41) is 11.5. The Bertz CT molecular complexity index is 153. The van der Waals surface area contributed by atoms with Gasteiger partial charge < -0.3 is 10.4 Å². The third-order valence-electron chi connectivity index (χ3n) is 2.53. The van der Waals surface area contributed by atoms with Gasteiger partial charge in [-0.1, -0.05) is 12.8 Å². The van der Waals surface area contributed by atoms with Crippen LogP contribution < -0.4 is 5.32 Å². The molecule has 1 saturated carbocycles. The lowest BCUT2D eigenvalue weighted by molar-refractivity contribution is -0.121. The molecule has 2 N–H and O–H groups in total. The molecule has 0 aromatic rings. The molecular formula is C10H19NO2. The second-order valence-electron chi connectivity index (χ2n) is 3.73. The van der Waals surface area contributed by atoms with E-state index in [1.165, 1.54) is 12.8 Å². The maximum Gasteiger partial charge on any atom is 0.220 e. The van der Waals surface area contributed by atoms with Crippen LogP contribution in [0, 0.1) is 0 Å². The molecule has 0 bridgehead atoms. The molecule has 1 aliphatic carbocycles. The maximum atomic E-state index is 11.3. The molecule has 13 heavy (non-hydrogen) atoms. The molecule has 1 aliphatic rings. The van der Waals surface area contributed by atoms with Crippen LogP contribution in [0.2, 0.25) is 0 Å². The van der Waals surface area contributed by atoms with Crippen LogP contribution >= 0.6 is 0 Å². The number of carbonyl (C=O) groups excluding carboxylic acids is 1. The first-order valence-corrected chi connectivity index (χ1v) is 5.23. The van der Waals surface area contributed by atoms with Gasteiger partial charge in [-0.25, -0.2) is 0 Å². The molecule has 1 fully saturated rings. The largest absolute Gasteiger partial charge is 0.396 e. The molecule has 0 radical (unpaired) electrons. The second kappa shape index (κ2) is 5.97. The summed E-state index contributed by atoms with van der Waals surface area (Å²) < 4.78 is 0. The van der Waals surface area contributed by atoms with Crippen molar-refractivity contribution in [2.45, 2.75) is 51.0 Å². The van der Waals surface area contributed by atoms with Crippen molar-refractivity contribution in [1.29, 1.82) is 0 Å². The highest BCUT2D eigenvalue weighted by Crippen LogP contribution is 2.17. The van der Waals surface area contributed by atoms with Gasteiger partial charge in [-0.05, 0) is 25.7 Å². The average Bonchev–Trinajstić information content (AvgIpc) is 2.57. The molecule has 0 heterocycles. The van der Waals surface area contributed by atoms with Gasteiger partial charge >= 0.3 is 0 Å². The summed E-state index contributed by atoms with van der Waals surface area (Å²) in [5.74, 6) is 0.153. The van der Waals surface area contributed by atoms with Gasteiger partial charge in [-0.3, -0.25) is 4.79 Å². The minimum atomic E-state index is 0.153. The molecule has 1 rings (SSSR count). The van der Waals surface area contributed by atoms with E-state index < -0.39 is 0 Å². The van der Waals surface area contributed by atoms with E-state index in [2.05, 4.69) is 5.32 Å². The Morgan fingerprint density at radius 1 is 1.31 bits per heavy atom. The van der Waals surface area contributed by atoms with Crippen LogP contribution in [0.5, 0.6) is 0 Å². The minimum Gasteiger partial charge on any atom is -0.396 e. The van der Waals surface area contributed by atoms with Crippen molar-refractivity contribution in [2.75, 3.05) is 6.61 Å². The highest BCUT2D eigenvalue weighted by molar-refractivity contribution is 5.76. The first kappa shape index (κ1) is 10.5. The summed E-state index contributed by atoms with van der Waals surface area (Å²) in [6.07, 6.45) is 6.89. The average molecular weight is 185 g/mol. The van der Waals surface area contributed by atoms with E-state index in [1.54, 1.807) is 0 Å². The summed E-state index contributed by atoms with van der Waals surface area (Å²) in [6.45, 7) is 0.191. The van der Waals surface area contributed by atoms with Crippen LogP contribution in [0.15, 0.2) is 0 Å². The zero-order chi connectivity index (χ0) is 9.52. The number of amides is 1. The lowest BCUT2D eigenvalue weighted by Crippen LogP contribution is -2.32. The Kier molecular flexibility index (Phi) is 4.83. The molecule has 0 saturated heterocycles. The molecule has 0 unspecified atom stereocenters. The normalized spacial score (nSPS) is 17.6. The molecule has 1 amide bonds. The molecule has 0 aromatic heterocycles. The monoisotopic (exact) mass is 185 g/mol. The van der Waals surface area contributed by atoms with Gasteiger partial charge in [0.25, 0.3) is 0 Å². The van der Waals surface area contributed by atoms with E-state index in [4.69, 9.17) is 5.11 Å². The summed E-state index contributed by atoms with van der Waals surface area (Å²) in [7, 11) is 0. The van der Waals surface area contributed by atoms with E-state index >= 15 is 0 Å². The van der Waals surface area contributed by atoms with Crippen molar-refractivity contribution >= 4 is 5.91 Å². The van der Waals surface area contributed by atoms with Gasteiger partial charge in [0, 0.05) is 19.1 Å². The topological polar surface area (TPSA) is 49.3 Å². The lowest BCUT2D eigenvalue weighted by atomic mass is 10.2. The smallest absolute Gasteiger partial charge is 0.220 e. The summed E-state index contributed by atoms with van der Waals surface area (Å²) in [6, 6.07) is 0.432. The first-order valence-electron chi connectivity index (χ1n) is 5.23. The maximum absolute atomic E-state index is 11.3. The Morgan fingerprint density at radius 3 is 2.62 bits per heavy atom. The fraction of sp³-hybridized carbons (Fsp3) is 0.900. The second-order valence-corrected chi connectivity index (χ2v) is 3.73. The predicted octanol–water partition coefficient (Wildman–Crippen LogP) is 1.21. The summed E-state index contributed by atoms with van der Waals surface area (Å²) in [4.78, 5) is 11.3. The fourth-order valence-corrected chi connectivity index (χ4v) is 1.77. The van der Waals surface area contributed by atoms with Crippen molar-refractivity contribution in [1.82, 2.24) is 5.32 Å². The third kappa shape index (κ3) is 4.27. The molecule has 3 heteroatoms. The van der Waals surface area contributed by atoms with Gasteiger partial charge in [0.05, 0.1) is 0 Å². The molecule has 0 aliphatic heterocycles. The van der Waals surface area contributed by atoms with Crippen LogP contribution in [-0.4, -0.2) is 23.7 Å². The number of unbranched alkanes of at least 4 members (excludes halogenated alkanes) is 1. The predicted molar refractivity (Wildman–Crippen MR) is 51.3 cm³/mol. The van der Waals surface area contributed by atoms with Crippen LogP contribution in [0.1, 0.15) is 44.9 Å². The third-order valence-corrected chi connectivity index (χ3v) is 2.53. The zero-order valence-corrected chi connectivity index (χ0v) is 8.09. The highest BCUT2D eigenvalue weighted by Gasteiger charge is 2.16. The van der Waals surface area contributed by atoms with Gasteiger partial charge in [-0.15, -0.1) is 0 Å². The first-order chi connectivity index (χ1) is 6.33. The van der Waals surface area contributed by atoms with Gasteiger partial charge in [-0.2, -0.15) is 0 Å². The van der Waals surface area contributed by atoms with Gasteiger partial charge in [0.2, 0.25) is 5.91 Å². The van der Waals surface area contributed by atoms with Crippen molar-refractivity contribution in [3.8, 4) is 0 Å². The standard InChI is InChI=1S/C10H19NO2/c12-8-4-3-7-10(13)11-9-5-1-2-6-9/h9,12H,1-8H2,(H,11,13). The molecule has 0 spiro atoms. The van der Waals surface area contributed by atoms with Crippen LogP contribution in [-0.2, 0) is 4.79 Å². The lowest BCUT2D eigenvalue weighted by Gasteiger charge is -2.11. The number of hydrogen-bond donors (Lipinski definition) is 2. The van der Waals surface area contributed by atoms with E-state index in [0.717, 1.165) is 25.7 Å². The van der Waals surface area contributed by atoms with Crippen LogP contribution in [0.25, 0.3) is 0 Å². The van der Waals surface area contributed by atoms with E-state index in [9.17, 15) is 4.79 Å². The van der Waals surface area contributed by atoms with E-state index in [1.807, 2.05) is 0 Å². The Hall–Kier alpha value is -0.570. The van der Waals surface area contributed by atoms with Crippen LogP contribution in [0.4, 0.5) is 0 Å². The van der Waals surface area contributed by atoms with Crippen molar-refractivity contribution in [3.05, 3.63) is 0 Å². The number of aliphatic hydroxyl groups excluding tert-OH is 1. The Morgan fingerprint density at radius 2 is 2.00 bits per heavy atom. The Labute approximate surface area is 79.5 Å². The molecule has 0 aromatic carbocycles. The van der Waals surface area contributed by atoms with E-state index in [0.29, 0.717) is 12.5 Å². The summed E-state index contributed by atoms with van der Waals surface area (Å²) in [5.41, 5.74) is 0. The summed E-state index contributed by atoms with van der Waals surface area (Å²) >= 11 is 0. The molecule has 0 atom stereocenters.